The van der Waals surface area contributed by atoms with E-state index in [1.165, 1.54) is 0 Å². The van der Waals surface area contributed by atoms with Gasteiger partial charge in [0.25, 0.3) is 0 Å². The maximum absolute atomic E-state index is 10.6. The fourth-order valence-electron chi connectivity index (χ4n) is 1.55. The number of methoxy groups -OCH3 is 1. The highest BCUT2D eigenvalue weighted by Gasteiger charge is 2.17. The van der Waals surface area contributed by atoms with E-state index in [1.807, 2.05) is 6.92 Å². The molecule has 0 saturated carbocycles. The third-order valence-electron chi connectivity index (χ3n) is 2.28. The van der Waals surface area contributed by atoms with E-state index in [2.05, 4.69) is 18.7 Å². The number of nitrogens with zero attached hydrogens (tertiary/aromatic N) is 1. The van der Waals surface area contributed by atoms with Crippen molar-refractivity contribution in [1.82, 2.24) is 4.90 Å². The van der Waals surface area contributed by atoms with Gasteiger partial charge in [0.05, 0.1) is 13.0 Å². The summed E-state index contributed by atoms with van der Waals surface area (Å²) in [6.07, 6.45) is 0.191. The van der Waals surface area contributed by atoms with Gasteiger partial charge < -0.3 is 9.84 Å². The first-order chi connectivity index (χ1) is 6.97. The van der Waals surface area contributed by atoms with Crippen LogP contribution >= 0.6 is 0 Å². The maximum atomic E-state index is 10.6. The average Bonchev–Trinajstić information content (AvgIpc) is 2.10. The van der Waals surface area contributed by atoms with Crippen LogP contribution < -0.4 is 0 Å². The highest BCUT2D eigenvalue weighted by atomic mass is 16.5. The fraction of sp³-hybridized carbons (Fsp3) is 0.909. The number of hydrogen-bond donors (Lipinski definition) is 1. The Morgan fingerprint density at radius 3 is 2.40 bits per heavy atom. The zero-order valence-corrected chi connectivity index (χ0v) is 10.2. The molecule has 4 nitrogen and oxygen atoms in total. The molecular formula is C11H23NO3. The summed E-state index contributed by atoms with van der Waals surface area (Å²) >= 11 is 0. The van der Waals surface area contributed by atoms with Gasteiger partial charge in [0.15, 0.2) is 0 Å². The molecular weight excluding hydrogens is 194 g/mol. The fourth-order valence-corrected chi connectivity index (χ4v) is 1.55. The van der Waals surface area contributed by atoms with Crippen molar-refractivity contribution < 1.29 is 14.6 Å². The van der Waals surface area contributed by atoms with Crippen molar-refractivity contribution in [2.24, 2.45) is 5.92 Å². The zero-order valence-electron chi connectivity index (χ0n) is 10.2. The molecule has 0 aliphatic carbocycles. The molecule has 90 valence electrons. The lowest BCUT2D eigenvalue weighted by Gasteiger charge is -2.29. The van der Waals surface area contributed by atoms with Crippen LogP contribution in [0.15, 0.2) is 0 Å². The summed E-state index contributed by atoms with van der Waals surface area (Å²) in [5, 5.41) is 8.73. The van der Waals surface area contributed by atoms with E-state index in [1.54, 1.807) is 7.11 Å². The minimum atomic E-state index is -0.742. The highest BCUT2D eigenvalue weighted by Crippen LogP contribution is 2.07. The quantitative estimate of drug-likeness (QED) is 0.668. The number of rotatable bonds is 8. The molecule has 0 amide bonds. The number of aliphatic carboxylic acids is 1. The summed E-state index contributed by atoms with van der Waals surface area (Å²) in [5.74, 6) is -0.202. The van der Waals surface area contributed by atoms with Crippen LogP contribution in [0.4, 0.5) is 0 Å². The van der Waals surface area contributed by atoms with Crippen LogP contribution in [0, 0.1) is 5.92 Å². The van der Waals surface area contributed by atoms with Crippen LogP contribution in [-0.2, 0) is 9.53 Å². The predicted molar refractivity (Wildman–Crippen MR) is 60.0 cm³/mol. The maximum Gasteiger partial charge on any atom is 0.304 e. The van der Waals surface area contributed by atoms with Crippen LogP contribution in [0.5, 0.6) is 0 Å². The summed E-state index contributed by atoms with van der Waals surface area (Å²) in [7, 11) is 1.66. The Balaban J connectivity index is 4.13. The van der Waals surface area contributed by atoms with Gasteiger partial charge in [-0.25, -0.2) is 0 Å². The number of ether oxygens (including phenoxy) is 1. The van der Waals surface area contributed by atoms with Crippen LogP contribution in [0.2, 0.25) is 0 Å². The number of carbonyl (C=O) groups is 1. The monoisotopic (exact) mass is 217 g/mol. The molecule has 0 bridgehead atoms. The number of carboxylic acid groups (broad SMARTS) is 1. The molecule has 0 saturated heterocycles. The first-order valence-corrected chi connectivity index (χ1v) is 5.42. The normalized spacial score (nSPS) is 13.5. The van der Waals surface area contributed by atoms with Gasteiger partial charge in [0.1, 0.15) is 0 Å². The second-order valence-corrected chi connectivity index (χ2v) is 4.33. The molecule has 4 heteroatoms. The molecule has 0 rings (SSSR count). The van der Waals surface area contributed by atoms with Crippen molar-refractivity contribution in [2.75, 3.05) is 26.8 Å². The third-order valence-corrected chi connectivity index (χ3v) is 2.28. The van der Waals surface area contributed by atoms with Gasteiger partial charge in [-0.1, -0.05) is 13.8 Å². The Bertz CT molecular complexity index is 183. The zero-order chi connectivity index (χ0) is 11.8. The van der Waals surface area contributed by atoms with Gasteiger partial charge in [-0.15, -0.1) is 0 Å². The molecule has 1 atom stereocenters. The van der Waals surface area contributed by atoms with E-state index in [0.29, 0.717) is 12.5 Å². The van der Waals surface area contributed by atoms with Gasteiger partial charge in [0.2, 0.25) is 0 Å². The minimum Gasteiger partial charge on any atom is -0.481 e. The first-order valence-electron chi connectivity index (χ1n) is 5.42. The van der Waals surface area contributed by atoms with Crippen molar-refractivity contribution in [3.8, 4) is 0 Å². The van der Waals surface area contributed by atoms with E-state index in [4.69, 9.17) is 9.84 Å². The highest BCUT2D eigenvalue weighted by molar-refractivity contribution is 5.67. The van der Waals surface area contributed by atoms with Gasteiger partial charge >= 0.3 is 5.97 Å². The molecule has 0 aromatic heterocycles. The Hall–Kier alpha value is -0.610. The summed E-state index contributed by atoms with van der Waals surface area (Å²) in [6, 6.07) is 0.0695. The lowest BCUT2D eigenvalue weighted by atomic mass is 10.1. The summed E-state index contributed by atoms with van der Waals surface area (Å²) in [4.78, 5) is 12.8. The van der Waals surface area contributed by atoms with E-state index in [0.717, 1.165) is 13.1 Å². The molecule has 15 heavy (non-hydrogen) atoms. The molecule has 0 aromatic carbocycles. The SMILES string of the molecule is COCCN(CC(C)C)C(C)CC(=O)O. The second-order valence-electron chi connectivity index (χ2n) is 4.33. The van der Waals surface area contributed by atoms with Gasteiger partial charge in [-0.2, -0.15) is 0 Å². The van der Waals surface area contributed by atoms with Crippen molar-refractivity contribution in [3.63, 3.8) is 0 Å². The Morgan fingerprint density at radius 1 is 1.40 bits per heavy atom. The molecule has 0 aliphatic heterocycles. The summed E-state index contributed by atoms with van der Waals surface area (Å²) < 4.78 is 5.02. The van der Waals surface area contributed by atoms with Crippen LogP contribution in [0.25, 0.3) is 0 Å². The van der Waals surface area contributed by atoms with Crippen molar-refractivity contribution in [2.45, 2.75) is 33.2 Å². The lowest BCUT2D eigenvalue weighted by Crippen LogP contribution is -2.39. The Labute approximate surface area is 92.2 Å². The van der Waals surface area contributed by atoms with Gasteiger partial charge in [0, 0.05) is 26.2 Å². The van der Waals surface area contributed by atoms with E-state index in [9.17, 15) is 4.79 Å². The van der Waals surface area contributed by atoms with Gasteiger partial charge in [-0.05, 0) is 12.8 Å². The van der Waals surface area contributed by atoms with E-state index >= 15 is 0 Å². The predicted octanol–water partition coefficient (Wildman–Crippen LogP) is 1.45. The smallest absolute Gasteiger partial charge is 0.304 e. The molecule has 0 heterocycles. The topological polar surface area (TPSA) is 49.8 Å². The van der Waals surface area contributed by atoms with Crippen molar-refractivity contribution >= 4 is 5.97 Å². The molecule has 1 N–H and O–H groups in total. The van der Waals surface area contributed by atoms with E-state index < -0.39 is 5.97 Å². The number of carboxylic acids is 1. The Kier molecular flexibility index (Phi) is 7.34. The second kappa shape index (κ2) is 7.65. The van der Waals surface area contributed by atoms with Gasteiger partial charge in [-0.3, -0.25) is 9.69 Å². The first kappa shape index (κ1) is 14.4. The molecule has 0 aromatic rings. The van der Waals surface area contributed by atoms with Crippen LogP contribution in [0.3, 0.4) is 0 Å². The standard InChI is InChI=1S/C11H23NO3/c1-9(2)8-12(5-6-15-4)10(3)7-11(13)14/h9-10H,5-8H2,1-4H3,(H,13,14). The summed E-state index contributed by atoms with van der Waals surface area (Å²) in [6.45, 7) is 8.57. The number of hydrogen-bond acceptors (Lipinski definition) is 3. The summed E-state index contributed by atoms with van der Waals surface area (Å²) in [5.41, 5.74) is 0. The van der Waals surface area contributed by atoms with Crippen molar-refractivity contribution in [3.05, 3.63) is 0 Å². The molecule has 0 fully saturated rings. The third kappa shape index (κ3) is 7.33. The van der Waals surface area contributed by atoms with Crippen molar-refractivity contribution in [1.29, 1.82) is 0 Å². The molecule has 1 unspecified atom stereocenters. The van der Waals surface area contributed by atoms with Crippen LogP contribution in [0.1, 0.15) is 27.2 Å². The molecule has 0 radical (unpaired) electrons. The lowest BCUT2D eigenvalue weighted by molar-refractivity contribution is -0.138. The van der Waals surface area contributed by atoms with E-state index in [-0.39, 0.29) is 12.5 Å². The molecule has 0 spiro atoms. The largest absolute Gasteiger partial charge is 0.481 e. The average molecular weight is 217 g/mol. The molecule has 0 aliphatic rings. The Morgan fingerprint density at radius 2 is 2.00 bits per heavy atom. The minimum absolute atomic E-state index is 0.0695. The van der Waals surface area contributed by atoms with Crippen LogP contribution in [-0.4, -0.2) is 48.8 Å².